The van der Waals surface area contributed by atoms with E-state index in [1.807, 2.05) is 30.3 Å². The van der Waals surface area contributed by atoms with Gasteiger partial charge in [-0.05, 0) is 30.7 Å². The van der Waals surface area contributed by atoms with Gasteiger partial charge in [-0.3, -0.25) is 14.9 Å². The van der Waals surface area contributed by atoms with Gasteiger partial charge in [-0.25, -0.2) is 0 Å². The molecule has 0 aromatic heterocycles. The first kappa shape index (κ1) is 15.8. The minimum atomic E-state index is -0.710. The number of nitrogens with zero attached hydrogens (tertiary/aromatic N) is 2. The SMILES string of the molecule is O=C(N[C@H]1CCN(c2ccccc2)C1)c1ccc(O)c([N+](=O)[O-])c1. The molecule has 0 aliphatic carbocycles. The summed E-state index contributed by atoms with van der Waals surface area (Å²) in [7, 11) is 0. The summed E-state index contributed by atoms with van der Waals surface area (Å²) in [6.07, 6.45) is 0.806. The van der Waals surface area contributed by atoms with E-state index in [1.165, 1.54) is 6.07 Å². The topological polar surface area (TPSA) is 95.7 Å². The quantitative estimate of drug-likeness (QED) is 0.663. The largest absolute Gasteiger partial charge is 0.502 e. The Labute approximate surface area is 138 Å². The molecule has 7 nitrogen and oxygen atoms in total. The molecule has 0 saturated carbocycles. The predicted octanol–water partition coefficient (Wildman–Crippen LogP) is 2.31. The summed E-state index contributed by atoms with van der Waals surface area (Å²) < 4.78 is 0. The number of phenolic OH excluding ortho intramolecular Hbond substituents is 1. The van der Waals surface area contributed by atoms with Crippen molar-refractivity contribution in [2.45, 2.75) is 12.5 Å². The van der Waals surface area contributed by atoms with Crippen LogP contribution in [0.1, 0.15) is 16.8 Å². The van der Waals surface area contributed by atoms with Gasteiger partial charge in [-0.15, -0.1) is 0 Å². The lowest BCUT2D eigenvalue weighted by Crippen LogP contribution is -2.37. The van der Waals surface area contributed by atoms with Crippen molar-refractivity contribution >= 4 is 17.3 Å². The van der Waals surface area contributed by atoms with Crippen molar-refractivity contribution in [3.8, 4) is 5.75 Å². The minimum absolute atomic E-state index is 0.0226. The number of nitro benzene ring substituents is 1. The summed E-state index contributed by atoms with van der Waals surface area (Å²) in [5, 5.41) is 23.2. The lowest BCUT2D eigenvalue weighted by molar-refractivity contribution is -0.385. The minimum Gasteiger partial charge on any atom is -0.502 e. The molecule has 24 heavy (non-hydrogen) atoms. The Kier molecular flexibility index (Phi) is 4.33. The maximum atomic E-state index is 12.3. The number of benzene rings is 2. The first-order valence-electron chi connectivity index (χ1n) is 7.63. The van der Waals surface area contributed by atoms with Gasteiger partial charge in [0.1, 0.15) is 0 Å². The number of nitrogens with one attached hydrogen (secondary N) is 1. The van der Waals surface area contributed by atoms with Crippen LogP contribution in [-0.4, -0.2) is 35.1 Å². The van der Waals surface area contributed by atoms with Crippen LogP contribution in [-0.2, 0) is 0 Å². The zero-order chi connectivity index (χ0) is 17.1. The highest BCUT2D eigenvalue weighted by Gasteiger charge is 2.25. The van der Waals surface area contributed by atoms with E-state index >= 15 is 0 Å². The Morgan fingerprint density at radius 3 is 2.71 bits per heavy atom. The molecule has 1 fully saturated rings. The summed E-state index contributed by atoms with van der Waals surface area (Å²) >= 11 is 0. The number of hydrogen-bond acceptors (Lipinski definition) is 5. The highest BCUT2D eigenvalue weighted by molar-refractivity contribution is 5.95. The van der Waals surface area contributed by atoms with E-state index in [9.17, 15) is 20.0 Å². The molecule has 0 unspecified atom stereocenters. The molecule has 124 valence electrons. The number of phenols is 1. The van der Waals surface area contributed by atoms with Crippen molar-refractivity contribution in [1.82, 2.24) is 5.32 Å². The zero-order valence-corrected chi connectivity index (χ0v) is 12.9. The number of carbonyl (C=O) groups excluding carboxylic acids is 1. The molecule has 1 aliphatic rings. The number of nitro groups is 1. The number of amides is 1. The third kappa shape index (κ3) is 3.29. The van der Waals surface area contributed by atoms with Crippen LogP contribution in [0.15, 0.2) is 48.5 Å². The van der Waals surface area contributed by atoms with E-state index in [4.69, 9.17) is 0 Å². The molecular formula is C17H17N3O4. The maximum absolute atomic E-state index is 12.3. The van der Waals surface area contributed by atoms with Crippen LogP contribution < -0.4 is 10.2 Å². The van der Waals surface area contributed by atoms with E-state index < -0.39 is 16.4 Å². The molecule has 1 heterocycles. The molecule has 7 heteroatoms. The molecule has 1 aliphatic heterocycles. The highest BCUT2D eigenvalue weighted by Crippen LogP contribution is 2.26. The van der Waals surface area contributed by atoms with Crippen molar-refractivity contribution < 1.29 is 14.8 Å². The van der Waals surface area contributed by atoms with E-state index in [2.05, 4.69) is 10.2 Å². The van der Waals surface area contributed by atoms with Crippen molar-refractivity contribution in [1.29, 1.82) is 0 Å². The second-order valence-corrected chi connectivity index (χ2v) is 5.70. The van der Waals surface area contributed by atoms with E-state index in [-0.39, 0.29) is 17.5 Å². The fourth-order valence-electron chi connectivity index (χ4n) is 2.83. The average Bonchev–Trinajstić information content (AvgIpc) is 3.04. The number of carbonyl (C=O) groups is 1. The molecular weight excluding hydrogens is 310 g/mol. The van der Waals surface area contributed by atoms with Gasteiger partial charge in [0.2, 0.25) is 0 Å². The van der Waals surface area contributed by atoms with Crippen LogP contribution in [0.5, 0.6) is 5.75 Å². The number of anilines is 1. The zero-order valence-electron chi connectivity index (χ0n) is 12.9. The Balaban J connectivity index is 1.66. The third-order valence-electron chi connectivity index (χ3n) is 4.08. The van der Waals surface area contributed by atoms with Gasteiger partial charge < -0.3 is 15.3 Å². The second kappa shape index (κ2) is 6.57. The Bertz CT molecular complexity index is 764. The molecule has 1 amide bonds. The van der Waals surface area contributed by atoms with Crippen LogP contribution >= 0.6 is 0 Å². The first-order valence-corrected chi connectivity index (χ1v) is 7.63. The van der Waals surface area contributed by atoms with Gasteiger partial charge >= 0.3 is 5.69 Å². The Hall–Kier alpha value is -3.09. The molecule has 2 aromatic carbocycles. The molecule has 3 rings (SSSR count). The molecule has 2 N–H and O–H groups in total. The average molecular weight is 327 g/mol. The molecule has 2 aromatic rings. The molecule has 1 atom stereocenters. The lowest BCUT2D eigenvalue weighted by Gasteiger charge is -2.19. The maximum Gasteiger partial charge on any atom is 0.311 e. The van der Waals surface area contributed by atoms with Gasteiger partial charge in [-0.2, -0.15) is 0 Å². The van der Waals surface area contributed by atoms with E-state index in [1.54, 1.807) is 0 Å². The molecule has 0 spiro atoms. The third-order valence-corrected chi connectivity index (χ3v) is 4.08. The van der Waals surface area contributed by atoms with Gasteiger partial charge in [0.25, 0.3) is 5.91 Å². The standard InChI is InChI=1S/C17H17N3O4/c21-16-7-6-12(10-15(16)20(23)24)17(22)18-13-8-9-19(11-13)14-4-2-1-3-5-14/h1-7,10,13,21H,8-9,11H2,(H,18,22)/t13-/m0/s1. The fraction of sp³-hybridized carbons (Fsp3) is 0.235. The van der Waals surface area contributed by atoms with Gasteiger partial charge in [0.05, 0.1) is 4.92 Å². The molecule has 0 radical (unpaired) electrons. The first-order chi connectivity index (χ1) is 11.5. The van der Waals surface area contributed by atoms with Gasteiger partial charge in [-0.1, -0.05) is 18.2 Å². The normalized spacial score (nSPS) is 16.8. The van der Waals surface area contributed by atoms with Crippen LogP contribution in [0.3, 0.4) is 0 Å². The Morgan fingerprint density at radius 2 is 2.00 bits per heavy atom. The van der Waals surface area contributed by atoms with Crippen LogP contribution in [0.25, 0.3) is 0 Å². The number of hydrogen-bond donors (Lipinski definition) is 2. The van der Waals surface area contributed by atoms with E-state index in [0.29, 0.717) is 6.54 Å². The van der Waals surface area contributed by atoms with Gasteiger partial charge in [0.15, 0.2) is 5.75 Å². The fourth-order valence-corrected chi connectivity index (χ4v) is 2.83. The predicted molar refractivity (Wildman–Crippen MR) is 89.3 cm³/mol. The molecule has 1 saturated heterocycles. The smallest absolute Gasteiger partial charge is 0.311 e. The van der Waals surface area contributed by atoms with Crippen LogP contribution in [0.2, 0.25) is 0 Å². The summed E-state index contributed by atoms with van der Waals surface area (Å²) in [6, 6.07) is 13.5. The Morgan fingerprint density at radius 1 is 1.25 bits per heavy atom. The number of aromatic hydroxyl groups is 1. The van der Waals surface area contributed by atoms with E-state index in [0.717, 1.165) is 30.8 Å². The highest BCUT2D eigenvalue weighted by atomic mass is 16.6. The van der Waals surface area contributed by atoms with Crippen molar-refractivity contribution in [2.24, 2.45) is 0 Å². The number of para-hydroxylation sites is 1. The van der Waals surface area contributed by atoms with Crippen LogP contribution in [0.4, 0.5) is 11.4 Å². The summed E-state index contributed by atoms with van der Waals surface area (Å²) in [5.41, 5.74) is 0.798. The summed E-state index contributed by atoms with van der Waals surface area (Å²) in [5.74, 6) is -0.828. The second-order valence-electron chi connectivity index (χ2n) is 5.70. The summed E-state index contributed by atoms with van der Waals surface area (Å²) in [6.45, 7) is 1.53. The summed E-state index contributed by atoms with van der Waals surface area (Å²) in [4.78, 5) is 24.6. The van der Waals surface area contributed by atoms with Crippen molar-refractivity contribution in [2.75, 3.05) is 18.0 Å². The monoisotopic (exact) mass is 327 g/mol. The number of rotatable bonds is 4. The van der Waals surface area contributed by atoms with Gasteiger partial charge in [0, 0.05) is 36.4 Å². The van der Waals surface area contributed by atoms with Crippen molar-refractivity contribution in [3.63, 3.8) is 0 Å². The van der Waals surface area contributed by atoms with Crippen LogP contribution in [0, 0.1) is 10.1 Å². The van der Waals surface area contributed by atoms with Crippen molar-refractivity contribution in [3.05, 3.63) is 64.2 Å². The molecule has 0 bridgehead atoms. The lowest BCUT2D eigenvalue weighted by atomic mass is 10.1.